The van der Waals surface area contributed by atoms with Crippen molar-refractivity contribution in [2.45, 2.75) is 32.2 Å². The topological polar surface area (TPSA) is 105 Å². The van der Waals surface area contributed by atoms with Gasteiger partial charge in [-0.05, 0) is 49.2 Å². The van der Waals surface area contributed by atoms with Gasteiger partial charge in [-0.15, -0.1) is 0 Å². The molecular formula is C25H26N6O3. The number of rotatable bonds is 7. The molecule has 5 rings (SSSR count). The molecule has 1 aliphatic rings. The normalized spacial score (nSPS) is 15.8. The zero-order valence-corrected chi connectivity index (χ0v) is 18.9. The lowest BCUT2D eigenvalue weighted by atomic mass is 10.1. The number of nitrogens with zero attached hydrogens (tertiary/aromatic N) is 4. The summed E-state index contributed by atoms with van der Waals surface area (Å²) in [5.41, 5.74) is 0.578. The maximum absolute atomic E-state index is 12.1. The molecule has 1 saturated heterocycles. The lowest BCUT2D eigenvalue weighted by molar-refractivity contribution is -0.131. The number of likely N-dealkylation sites (tertiary alicyclic amines) is 1. The third kappa shape index (κ3) is 4.78. The second-order valence-corrected chi connectivity index (χ2v) is 8.14. The molecule has 0 saturated carbocycles. The summed E-state index contributed by atoms with van der Waals surface area (Å²) in [6, 6.07) is 17.0. The van der Waals surface area contributed by atoms with Crippen molar-refractivity contribution in [2.75, 3.05) is 18.4 Å². The highest BCUT2D eigenvalue weighted by molar-refractivity contribution is 5.91. The number of benzene rings is 2. The summed E-state index contributed by atoms with van der Waals surface area (Å²) in [7, 11) is 0. The first-order chi connectivity index (χ1) is 16.7. The Morgan fingerprint density at radius 1 is 1.06 bits per heavy atom. The summed E-state index contributed by atoms with van der Waals surface area (Å²) in [5, 5.41) is 11.5. The van der Waals surface area contributed by atoms with Gasteiger partial charge in [-0.3, -0.25) is 9.89 Å². The fourth-order valence-electron chi connectivity index (χ4n) is 4.06. The molecule has 9 heteroatoms. The Hall–Kier alpha value is -4.14. The number of piperidine rings is 1. The molecule has 0 unspecified atom stereocenters. The van der Waals surface area contributed by atoms with Gasteiger partial charge in [0.2, 0.25) is 11.8 Å². The largest absolute Gasteiger partial charge is 0.457 e. The smallest absolute Gasteiger partial charge is 0.235 e. The Labute approximate surface area is 197 Å². The number of aromatic amines is 1. The molecule has 0 aliphatic carbocycles. The number of carbonyl (C=O) groups excluding carboxylic acids is 1. The second kappa shape index (κ2) is 9.78. The quantitative estimate of drug-likeness (QED) is 0.412. The van der Waals surface area contributed by atoms with Crippen LogP contribution in [0.1, 0.15) is 26.2 Å². The van der Waals surface area contributed by atoms with Crippen molar-refractivity contribution in [1.29, 1.82) is 0 Å². The standard InChI is InChI=1S/C25H26N6O3/c1-2-21(32)31-14-6-7-17(15-31)28-24-22-23(29-30-24)26-16-27-25(22)34-20-12-10-19(11-13-20)33-18-8-4-3-5-9-18/h3-5,8-13,16-17H,2,6-7,14-15H2,1H3,(H2,26,27,28,29,30)/t17-/m1/s1. The van der Waals surface area contributed by atoms with Gasteiger partial charge in [0.15, 0.2) is 11.5 Å². The van der Waals surface area contributed by atoms with Crippen LogP contribution in [0.5, 0.6) is 23.1 Å². The van der Waals surface area contributed by atoms with Gasteiger partial charge < -0.3 is 19.7 Å². The SMILES string of the molecule is CCC(=O)N1CCC[C@@H](Nc2n[nH]c3ncnc(Oc4ccc(Oc5ccccc5)cc4)c23)C1. The van der Waals surface area contributed by atoms with E-state index in [4.69, 9.17) is 9.47 Å². The van der Waals surface area contributed by atoms with Gasteiger partial charge in [-0.2, -0.15) is 5.10 Å². The van der Waals surface area contributed by atoms with Crippen molar-refractivity contribution in [3.05, 3.63) is 60.9 Å². The molecule has 0 radical (unpaired) electrons. The lowest BCUT2D eigenvalue weighted by Crippen LogP contribution is -2.45. The third-order valence-electron chi connectivity index (χ3n) is 5.76. The minimum absolute atomic E-state index is 0.0956. The average Bonchev–Trinajstić information content (AvgIpc) is 3.29. The molecule has 9 nitrogen and oxygen atoms in total. The molecule has 4 aromatic rings. The number of H-pyrrole nitrogens is 1. The summed E-state index contributed by atoms with van der Waals surface area (Å²) >= 11 is 0. The predicted molar refractivity (Wildman–Crippen MR) is 128 cm³/mol. The van der Waals surface area contributed by atoms with Crippen molar-refractivity contribution < 1.29 is 14.3 Å². The van der Waals surface area contributed by atoms with E-state index in [1.165, 1.54) is 6.33 Å². The Morgan fingerprint density at radius 3 is 2.56 bits per heavy atom. The monoisotopic (exact) mass is 458 g/mol. The van der Waals surface area contributed by atoms with Crippen LogP contribution in [0.25, 0.3) is 11.0 Å². The van der Waals surface area contributed by atoms with E-state index in [0.29, 0.717) is 47.2 Å². The lowest BCUT2D eigenvalue weighted by Gasteiger charge is -2.33. The molecule has 2 aromatic carbocycles. The number of fused-ring (bicyclic) bond motifs is 1. The van der Waals surface area contributed by atoms with Gasteiger partial charge in [0, 0.05) is 25.6 Å². The number of hydrogen-bond donors (Lipinski definition) is 2. The first-order valence-electron chi connectivity index (χ1n) is 11.4. The van der Waals surface area contributed by atoms with Crippen molar-refractivity contribution >= 4 is 22.8 Å². The Kier molecular flexibility index (Phi) is 6.24. The number of carbonyl (C=O) groups is 1. The van der Waals surface area contributed by atoms with Crippen molar-refractivity contribution in [1.82, 2.24) is 25.1 Å². The van der Waals surface area contributed by atoms with E-state index in [9.17, 15) is 4.79 Å². The van der Waals surface area contributed by atoms with Gasteiger partial charge in [0.05, 0.1) is 0 Å². The number of aromatic nitrogens is 4. The van der Waals surface area contributed by atoms with Crippen molar-refractivity contribution in [3.8, 4) is 23.1 Å². The fourth-order valence-corrected chi connectivity index (χ4v) is 4.06. The number of anilines is 1. The molecular weight excluding hydrogens is 432 g/mol. The maximum Gasteiger partial charge on any atom is 0.235 e. The minimum Gasteiger partial charge on any atom is -0.457 e. The van der Waals surface area contributed by atoms with E-state index < -0.39 is 0 Å². The van der Waals surface area contributed by atoms with Crippen molar-refractivity contribution in [2.24, 2.45) is 0 Å². The highest BCUT2D eigenvalue weighted by Crippen LogP contribution is 2.33. The minimum atomic E-state index is 0.0956. The average molecular weight is 459 g/mol. The van der Waals surface area contributed by atoms with Crippen LogP contribution in [-0.2, 0) is 4.79 Å². The van der Waals surface area contributed by atoms with Crippen LogP contribution in [0.2, 0.25) is 0 Å². The number of amides is 1. The second-order valence-electron chi connectivity index (χ2n) is 8.14. The van der Waals surface area contributed by atoms with Crippen LogP contribution in [0, 0.1) is 0 Å². The molecule has 174 valence electrons. The van der Waals surface area contributed by atoms with Crippen LogP contribution in [0.15, 0.2) is 60.9 Å². The van der Waals surface area contributed by atoms with Gasteiger partial charge in [0.1, 0.15) is 29.0 Å². The summed E-state index contributed by atoms with van der Waals surface area (Å²) in [6.45, 7) is 3.34. The van der Waals surface area contributed by atoms with E-state index in [-0.39, 0.29) is 11.9 Å². The van der Waals surface area contributed by atoms with Gasteiger partial charge in [0.25, 0.3) is 0 Å². The molecule has 1 atom stereocenters. The maximum atomic E-state index is 12.1. The van der Waals surface area contributed by atoms with Gasteiger partial charge in [-0.25, -0.2) is 9.97 Å². The Morgan fingerprint density at radius 2 is 1.79 bits per heavy atom. The summed E-state index contributed by atoms with van der Waals surface area (Å²) < 4.78 is 11.9. The molecule has 34 heavy (non-hydrogen) atoms. The van der Waals surface area contributed by atoms with Gasteiger partial charge in [-0.1, -0.05) is 25.1 Å². The Balaban J connectivity index is 1.32. The molecule has 3 heterocycles. The van der Waals surface area contributed by atoms with E-state index in [1.807, 2.05) is 66.4 Å². The van der Waals surface area contributed by atoms with E-state index in [2.05, 4.69) is 25.5 Å². The molecule has 0 bridgehead atoms. The molecule has 2 N–H and O–H groups in total. The highest BCUT2D eigenvalue weighted by atomic mass is 16.5. The van der Waals surface area contributed by atoms with E-state index >= 15 is 0 Å². The number of ether oxygens (including phenoxy) is 2. The fraction of sp³-hybridized carbons (Fsp3) is 0.280. The summed E-state index contributed by atoms with van der Waals surface area (Å²) in [5.74, 6) is 3.28. The molecule has 1 fully saturated rings. The van der Waals surface area contributed by atoms with Crippen LogP contribution in [0.4, 0.5) is 5.82 Å². The van der Waals surface area contributed by atoms with E-state index in [0.717, 1.165) is 25.1 Å². The van der Waals surface area contributed by atoms with Crippen LogP contribution < -0.4 is 14.8 Å². The summed E-state index contributed by atoms with van der Waals surface area (Å²) in [4.78, 5) is 22.7. The zero-order valence-electron chi connectivity index (χ0n) is 18.9. The number of para-hydroxylation sites is 1. The summed E-state index contributed by atoms with van der Waals surface area (Å²) in [6.07, 6.45) is 3.85. The molecule has 1 aliphatic heterocycles. The first-order valence-corrected chi connectivity index (χ1v) is 11.4. The predicted octanol–water partition coefficient (Wildman–Crippen LogP) is 4.75. The van der Waals surface area contributed by atoms with Crippen LogP contribution >= 0.6 is 0 Å². The zero-order chi connectivity index (χ0) is 23.3. The highest BCUT2D eigenvalue weighted by Gasteiger charge is 2.25. The first kappa shape index (κ1) is 21.7. The van der Waals surface area contributed by atoms with Crippen LogP contribution in [-0.4, -0.2) is 50.1 Å². The van der Waals surface area contributed by atoms with Gasteiger partial charge >= 0.3 is 0 Å². The molecule has 2 aromatic heterocycles. The molecule has 0 spiro atoms. The van der Waals surface area contributed by atoms with Crippen molar-refractivity contribution in [3.63, 3.8) is 0 Å². The number of hydrogen-bond acceptors (Lipinski definition) is 7. The van der Waals surface area contributed by atoms with E-state index in [1.54, 1.807) is 0 Å². The Bertz CT molecular complexity index is 1260. The number of nitrogens with one attached hydrogen (secondary N) is 2. The third-order valence-corrected chi connectivity index (χ3v) is 5.76. The van der Waals surface area contributed by atoms with Crippen LogP contribution in [0.3, 0.4) is 0 Å². The molecule has 1 amide bonds.